The predicted molar refractivity (Wildman–Crippen MR) is 259 cm³/mol. The first-order chi connectivity index (χ1) is 32.4. The van der Waals surface area contributed by atoms with Gasteiger partial charge in [0, 0.05) is 43.8 Å². The van der Waals surface area contributed by atoms with Gasteiger partial charge in [-0.25, -0.2) is 0 Å². The molecule has 10 rings (SSSR count). The van der Waals surface area contributed by atoms with Gasteiger partial charge in [0.25, 0.3) is 23.6 Å². The van der Waals surface area contributed by atoms with Gasteiger partial charge in [-0.05, 0) is 82.6 Å². The van der Waals surface area contributed by atoms with E-state index in [1.807, 2.05) is 0 Å². The molecule has 4 amide bonds. The first-order valence-electron chi connectivity index (χ1n) is 21.8. The average Bonchev–Trinajstić information content (AvgIpc) is 3.30. The summed E-state index contributed by atoms with van der Waals surface area (Å²) in [6.45, 7) is 10.5. The molecule has 0 saturated carbocycles. The van der Waals surface area contributed by atoms with Gasteiger partial charge in [0.05, 0.1) is 45.8 Å². The Kier molecular flexibility index (Phi) is 9.77. The van der Waals surface area contributed by atoms with Crippen LogP contribution in [0.3, 0.4) is 0 Å². The fourth-order valence-corrected chi connectivity index (χ4v) is 10.1. The Hall–Kier alpha value is -8.78. The van der Waals surface area contributed by atoms with Crippen molar-refractivity contribution in [3.63, 3.8) is 0 Å². The lowest BCUT2D eigenvalue weighted by molar-refractivity contribution is 0.0601. The third-order valence-electron chi connectivity index (χ3n) is 13.1. The number of hydrogen-bond donors (Lipinski definition) is 6. The summed E-state index contributed by atoms with van der Waals surface area (Å²) in [7, 11) is 0. The van der Waals surface area contributed by atoms with Crippen molar-refractivity contribution in [2.75, 3.05) is 0 Å². The van der Waals surface area contributed by atoms with Gasteiger partial charge in [-0.2, -0.15) is 20.2 Å². The summed E-state index contributed by atoms with van der Waals surface area (Å²) in [6.07, 6.45) is 2.03. The van der Waals surface area contributed by atoms with E-state index in [0.717, 1.165) is 12.4 Å². The summed E-state index contributed by atoms with van der Waals surface area (Å²) < 4.78 is 0. The Labute approximate surface area is 387 Å². The molecule has 6 N–H and O–H groups in total. The standard InChI is InChI=1S/C54H42N4O10/c1-23(2)37-33-19-25(5)39(47(61)43(33)35(45(59)49(37)63)21-55-57-51(65)29-15-7-11-27-12-8-16-30(41(27)29)52(57)66)40-26(6)20-34-38(24(3)4)50(64)46(60)36(44(34)48(40)62)22-56-58-53(67)31-17-9-13-28-14-10-18-32(42(28)31)54(58)68/h7-24,59-64H,1-6H3/b55-21+,56-22+. The number of amides is 4. The lowest BCUT2D eigenvalue weighted by Crippen LogP contribution is -2.36. The molecule has 0 unspecified atom stereocenters. The second-order valence-corrected chi connectivity index (χ2v) is 17.8. The number of nitrogens with zero attached hydrogens (tertiary/aromatic N) is 4. The monoisotopic (exact) mass is 906 g/mol. The molecule has 8 aromatic carbocycles. The zero-order chi connectivity index (χ0) is 48.4. The number of imide groups is 2. The molecule has 68 heavy (non-hydrogen) atoms. The molecule has 2 aliphatic heterocycles. The number of carbonyl (C=O) groups excluding carboxylic acids is 4. The van der Waals surface area contributed by atoms with E-state index in [-0.39, 0.29) is 66.4 Å². The molecule has 2 aliphatic rings. The highest BCUT2D eigenvalue weighted by atomic mass is 16.3. The van der Waals surface area contributed by atoms with Gasteiger partial charge in [0.1, 0.15) is 11.5 Å². The van der Waals surface area contributed by atoms with E-state index in [2.05, 4.69) is 10.2 Å². The molecule has 0 saturated heterocycles. The molecule has 0 aliphatic carbocycles. The molecule has 2 heterocycles. The van der Waals surface area contributed by atoms with Crippen LogP contribution in [-0.2, 0) is 0 Å². The Balaban J connectivity index is 1.19. The van der Waals surface area contributed by atoms with Crippen molar-refractivity contribution in [1.29, 1.82) is 0 Å². The van der Waals surface area contributed by atoms with E-state index in [9.17, 15) is 49.8 Å². The van der Waals surface area contributed by atoms with Crippen LogP contribution in [0, 0.1) is 13.8 Å². The molecular weight excluding hydrogens is 865 g/mol. The lowest BCUT2D eigenvalue weighted by Gasteiger charge is -2.25. The fourth-order valence-electron chi connectivity index (χ4n) is 10.1. The number of hydrogen-bond acceptors (Lipinski definition) is 12. The van der Waals surface area contributed by atoms with Crippen LogP contribution >= 0.6 is 0 Å². The number of phenolic OH excluding ortho intramolecular Hbond substituents is 6. The number of phenols is 6. The number of rotatable bonds is 7. The summed E-state index contributed by atoms with van der Waals surface area (Å²) in [5, 5.41) is 84.5. The van der Waals surface area contributed by atoms with Gasteiger partial charge in [-0.1, -0.05) is 88.4 Å². The molecule has 0 radical (unpaired) electrons. The van der Waals surface area contributed by atoms with Crippen LogP contribution in [0.2, 0.25) is 0 Å². The molecule has 0 spiro atoms. The van der Waals surface area contributed by atoms with E-state index in [1.165, 1.54) is 0 Å². The highest BCUT2D eigenvalue weighted by Crippen LogP contribution is 2.54. The number of carbonyl (C=O) groups is 4. The van der Waals surface area contributed by atoms with Crippen molar-refractivity contribution in [2.45, 2.75) is 53.4 Å². The Morgan fingerprint density at radius 1 is 0.441 bits per heavy atom. The van der Waals surface area contributed by atoms with E-state index >= 15 is 0 Å². The van der Waals surface area contributed by atoms with Gasteiger partial charge in [-0.15, -0.1) is 0 Å². The van der Waals surface area contributed by atoms with Crippen molar-refractivity contribution >= 4 is 79.1 Å². The molecule has 14 nitrogen and oxygen atoms in total. The van der Waals surface area contributed by atoms with Gasteiger partial charge in [0.15, 0.2) is 23.0 Å². The first-order valence-corrected chi connectivity index (χ1v) is 21.8. The van der Waals surface area contributed by atoms with Crippen molar-refractivity contribution in [3.05, 3.63) is 141 Å². The maximum absolute atomic E-state index is 13.8. The van der Waals surface area contributed by atoms with Crippen LogP contribution in [0.1, 0.15) is 114 Å². The van der Waals surface area contributed by atoms with Gasteiger partial charge >= 0.3 is 0 Å². The molecule has 0 bridgehead atoms. The van der Waals surface area contributed by atoms with E-state index < -0.39 is 70.0 Å². The molecule has 8 aromatic rings. The van der Waals surface area contributed by atoms with Crippen LogP contribution in [0.4, 0.5) is 0 Å². The number of benzene rings is 8. The van der Waals surface area contributed by atoms with E-state index in [4.69, 9.17) is 0 Å². The van der Waals surface area contributed by atoms with E-state index in [0.29, 0.717) is 53.5 Å². The molecule has 0 aromatic heterocycles. The van der Waals surface area contributed by atoms with E-state index in [1.54, 1.807) is 126 Å². The largest absolute Gasteiger partial charge is 0.507 e. The molecule has 0 fully saturated rings. The summed E-state index contributed by atoms with van der Waals surface area (Å²) in [4.78, 5) is 55.4. The number of hydrazone groups is 2. The topological polar surface area (TPSA) is 221 Å². The number of aromatic hydroxyl groups is 6. The fraction of sp³-hybridized carbons (Fsp3) is 0.148. The summed E-state index contributed by atoms with van der Waals surface area (Å²) in [5.74, 6) is -7.14. The summed E-state index contributed by atoms with van der Waals surface area (Å²) in [6, 6.07) is 23.5. The second kappa shape index (κ2) is 15.4. The van der Waals surface area contributed by atoms with Crippen LogP contribution in [0.15, 0.2) is 95.1 Å². The summed E-state index contributed by atoms with van der Waals surface area (Å²) >= 11 is 0. The van der Waals surface area contributed by atoms with Crippen molar-refractivity contribution < 1.29 is 49.8 Å². The highest BCUT2D eigenvalue weighted by Gasteiger charge is 2.36. The smallest absolute Gasteiger partial charge is 0.282 e. The Morgan fingerprint density at radius 2 is 0.750 bits per heavy atom. The van der Waals surface area contributed by atoms with Crippen molar-refractivity contribution in [3.8, 4) is 45.6 Å². The molecule has 338 valence electrons. The highest BCUT2D eigenvalue weighted by molar-refractivity contribution is 6.27. The zero-order valence-electron chi connectivity index (χ0n) is 37.5. The zero-order valence-corrected chi connectivity index (χ0v) is 37.5. The minimum absolute atomic E-state index is 0.0395. The van der Waals surface area contributed by atoms with Crippen molar-refractivity contribution in [2.24, 2.45) is 10.2 Å². The molecule has 0 atom stereocenters. The van der Waals surface area contributed by atoms with Gasteiger partial charge < -0.3 is 30.6 Å². The average molecular weight is 907 g/mol. The predicted octanol–water partition coefficient (Wildman–Crippen LogP) is 10.3. The lowest BCUT2D eigenvalue weighted by atomic mass is 9.83. The third kappa shape index (κ3) is 6.03. The minimum Gasteiger partial charge on any atom is -0.507 e. The van der Waals surface area contributed by atoms with Gasteiger partial charge in [-0.3, -0.25) is 19.2 Å². The SMILES string of the molecule is Cc1cc2c(C(C)C)c(O)c(O)c(/C=N/N3C(=O)c4cccc5cccc(c45)C3=O)c2c(O)c1-c1c(C)cc2c(C(C)C)c(O)c(O)c(/C=N/N3C(=O)c4cccc5cccc(c45)C3=O)c2c1O. The van der Waals surface area contributed by atoms with Crippen LogP contribution in [0.25, 0.3) is 54.2 Å². The quantitative estimate of drug-likeness (QED) is 0.0504. The third-order valence-corrected chi connectivity index (χ3v) is 13.1. The maximum atomic E-state index is 13.8. The maximum Gasteiger partial charge on any atom is 0.282 e. The Bertz CT molecular complexity index is 3380. The normalized spacial score (nSPS) is 14.0. The van der Waals surface area contributed by atoms with Crippen molar-refractivity contribution in [1.82, 2.24) is 10.0 Å². The number of aryl methyl sites for hydroxylation is 2. The number of fused-ring (bicyclic) bond motifs is 2. The Morgan fingerprint density at radius 3 is 1.04 bits per heavy atom. The van der Waals surface area contributed by atoms with Crippen LogP contribution < -0.4 is 0 Å². The molecular formula is C54H42N4O10. The molecule has 14 heteroatoms. The van der Waals surface area contributed by atoms with Crippen LogP contribution in [-0.4, -0.2) is 76.7 Å². The summed E-state index contributed by atoms with van der Waals surface area (Å²) in [5.41, 5.74) is 1.86. The van der Waals surface area contributed by atoms with Crippen LogP contribution in [0.5, 0.6) is 34.5 Å². The second-order valence-electron chi connectivity index (χ2n) is 17.8. The minimum atomic E-state index is -0.731. The first kappa shape index (κ1) is 43.1. The van der Waals surface area contributed by atoms with Gasteiger partial charge in [0.2, 0.25) is 0 Å².